The Morgan fingerprint density at radius 2 is 2.20 bits per heavy atom. The molecule has 2 N–H and O–H groups in total. The quantitative estimate of drug-likeness (QED) is 0.773. The lowest BCUT2D eigenvalue weighted by Crippen LogP contribution is -2.27. The minimum absolute atomic E-state index is 0.0421. The zero-order valence-corrected chi connectivity index (χ0v) is 12.5. The third-order valence-electron chi connectivity index (χ3n) is 3.02. The highest BCUT2D eigenvalue weighted by Crippen LogP contribution is 2.27. The second kappa shape index (κ2) is 7.64. The van der Waals surface area contributed by atoms with Gasteiger partial charge in [-0.15, -0.1) is 0 Å². The van der Waals surface area contributed by atoms with Crippen LogP contribution in [0.15, 0.2) is 36.9 Å². The molecule has 1 aromatic carbocycles. The van der Waals surface area contributed by atoms with Crippen LogP contribution in [0.5, 0.6) is 0 Å². The Bertz CT molecular complexity index is 531. The van der Waals surface area contributed by atoms with Gasteiger partial charge in [-0.2, -0.15) is 0 Å². The number of hydrogen-bond donors (Lipinski definition) is 2. The van der Waals surface area contributed by atoms with Crippen LogP contribution in [-0.4, -0.2) is 27.8 Å². The smallest absolute Gasteiger partial charge is 0.0946 e. The van der Waals surface area contributed by atoms with Crippen LogP contribution < -0.4 is 5.32 Å². The molecular weight excluding hydrogens is 297 g/mol. The second-order valence-electron chi connectivity index (χ2n) is 4.51. The Balaban J connectivity index is 2.15. The molecule has 1 unspecified atom stereocenters. The maximum atomic E-state index is 8.90. The van der Waals surface area contributed by atoms with Crippen molar-refractivity contribution in [3.63, 3.8) is 0 Å². The number of imidazole rings is 1. The SMILES string of the molecule is OCCCNC(Cn1ccnc1)c1ccc(Cl)cc1Cl. The highest BCUT2D eigenvalue weighted by atomic mass is 35.5. The standard InChI is InChI=1S/C14H17Cl2N3O/c15-11-2-3-12(13(16)8-11)14(18-4-1-7-20)9-19-6-5-17-10-19/h2-3,5-6,8,10,14,18,20H,1,4,7,9H2. The summed E-state index contributed by atoms with van der Waals surface area (Å²) >= 11 is 12.2. The zero-order valence-electron chi connectivity index (χ0n) is 11.0. The van der Waals surface area contributed by atoms with E-state index in [0.717, 1.165) is 12.1 Å². The Morgan fingerprint density at radius 1 is 1.35 bits per heavy atom. The molecule has 0 spiro atoms. The number of nitrogens with one attached hydrogen (secondary N) is 1. The Morgan fingerprint density at radius 3 is 2.85 bits per heavy atom. The molecule has 2 aromatic rings. The third kappa shape index (κ3) is 4.21. The summed E-state index contributed by atoms with van der Waals surface area (Å²) in [5.41, 5.74) is 0.989. The molecule has 0 amide bonds. The maximum absolute atomic E-state index is 8.90. The minimum Gasteiger partial charge on any atom is -0.396 e. The number of aromatic nitrogens is 2. The highest BCUT2D eigenvalue weighted by Gasteiger charge is 2.15. The van der Waals surface area contributed by atoms with Gasteiger partial charge in [-0.1, -0.05) is 29.3 Å². The van der Waals surface area contributed by atoms with Gasteiger partial charge in [-0.05, 0) is 30.7 Å². The largest absolute Gasteiger partial charge is 0.396 e. The van der Waals surface area contributed by atoms with Crippen LogP contribution in [0.1, 0.15) is 18.0 Å². The molecule has 1 aromatic heterocycles. The van der Waals surface area contributed by atoms with Crippen LogP contribution in [0.4, 0.5) is 0 Å². The van der Waals surface area contributed by atoms with Crippen molar-refractivity contribution < 1.29 is 5.11 Å². The molecule has 0 fully saturated rings. The van der Waals surface area contributed by atoms with E-state index in [4.69, 9.17) is 28.3 Å². The summed E-state index contributed by atoms with van der Waals surface area (Å²) in [6, 6.07) is 5.54. The first-order valence-corrected chi connectivity index (χ1v) is 7.21. The number of aliphatic hydroxyl groups excluding tert-OH is 1. The monoisotopic (exact) mass is 313 g/mol. The number of nitrogens with zero attached hydrogens (tertiary/aromatic N) is 2. The lowest BCUT2D eigenvalue weighted by atomic mass is 10.1. The van der Waals surface area contributed by atoms with E-state index in [0.29, 0.717) is 23.0 Å². The maximum Gasteiger partial charge on any atom is 0.0946 e. The molecule has 0 saturated heterocycles. The first-order chi connectivity index (χ1) is 9.70. The first-order valence-electron chi connectivity index (χ1n) is 6.45. The summed E-state index contributed by atoms with van der Waals surface area (Å²) in [7, 11) is 0. The molecule has 6 heteroatoms. The molecule has 0 aliphatic carbocycles. The van der Waals surface area contributed by atoms with E-state index in [1.165, 1.54) is 0 Å². The van der Waals surface area contributed by atoms with Crippen LogP contribution in [-0.2, 0) is 6.54 Å². The molecule has 2 rings (SSSR count). The fourth-order valence-electron chi connectivity index (χ4n) is 2.02. The molecular formula is C14H17Cl2N3O. The van der Waals surface area contributed by atoms with Crippen LogP contribution in [0.25, 0.3) is 0 Å². The van der Waals surface area contributed by atoms with Crippen molar-refractivity contribution in [3.05, 3.63) is 52.5 Å². The van der Waals surface area contributed by atoms with Gasteiger partial charge in [0.1, 0.15) is 0 Å². The van der Waals surface area contributed by atoms with Gasteiger partial charge in [0, 0.05) is 35.6 Å². The Hall–Kier alpha value is -1.07. The van der Waals surface area contributed by atoms with Crippen LogP contribution in [0, 0.1) is 0 Å². The summed E-state index contributed by atoms with van der Waals surface area (Å²) in [5, 5.41) is 13.6. The summed E-state index contributed by atoms with van der Waals surface area (Å²) in [5.74, 6) is 0. The van der Waals surface area contributed by atoms with Gasteiger partial charge < -0.3 is 15.0 Å². The van der Waals surface area contributed by atoms with Gasteiger partial charge in [0.25, 0.3) is 0 Å². The van der Waals surface area contributed by atoms with Crippen molar-refractivity contribution in [2.75, 3.05) is 13.2 Å². The van der Waals surface area contributed by atoms with E-state index in [1.54, 1.807) is 18.6 Å². The van der Waals surface area contributed by atoms with Crippen molar-refractivity contribution in [3.8, 4) is 0 Å². The predicted octanol–water partition coefficient (Wildman–Crippen LogP) is 2.90. The predicted molar refractivity (Wildman–Crippen MR) is 81.1 cm³/mol. The number of aliphatic hydroxyl groups is 1. The van der Waals surface area contributed by atoms with Gasteiger partial charge in [0.05, 0.1) is 12.4 Å². The number of rotatable bonds is 7. The molecule has 0 radical (unpaired) electrons. The van der Waals surface area contributed by atoms with Crippen molar-refractivity contribution in [1.29, 1.82) is 0 Å². The molecule has 0 aliphatic heterocycles. The second-order valence-corrected chi connectivity index (χ2v) is 5.35. The number of halogens is 2. The van der Waals surface area contributed by atoms with Crippen LogP contribution >= 0.6 is 23.2 Å². The summed E-state index contributed by atoms with van der Waals surface area (Å²) in [6.45, 7) is 1.60. The van der Waals surface area contributed by atoms with Crippen LogP contribution in [0.3, 0.4) is 0 Å². The van der Waals surface area contributed by atoms with Gasteiger partial charge >= 0.3 is 0 Å². The fourth-order valence-corrected chi connectivity index (χ4v) is 2.56. The summed E-state index contributed by atoms with van der Waals surface area (Å²) < 4.78 is 1.99. The molecule has 0 aliphatic rings. The third-order valence-corrected chi connectivity index (χ3v) is 3.58. The fraction of sp³-hybridized carbons (Fsp3) is 0.357. The molecule has 108 valence electrons. The van der Waals surface area contributed by atoms with Crippen molar-refractivity contribution in [2.45, 2.75) is 19.0 Å². The summed E-state index contributed by atoms with van der Waals surface area (Å²) in [6.07, 6.45) is 6.12. The van der Waals surface area contributed by atoms with E-state index in [9.17, 15) is 0 Å². The highest BCUT2D eigenvalue weighted by molar-refractivity contribution is 6.35. The van der Waals surface area contributed by atoms with Crippen molar-refractivity contribution >= 4 is 23.2 Å². The average molecular weight is 314 g/mol. The molecule has 0 bridgehead atoms. The van der Waals surface area contributed by atoms with Gasteiger partial charge in [-0.25, -0.2) is 4.98 Å². The van der Waals surface area contributed by atoms with Crippen molar-refractivity contribution in [2.24, 2.45) is 0 Å². The zero-order chi connectivity index (χ0) is 14.4. The molecule has 1 atom stereocenters. The van der Waals surface area contributed by atoms with Crippen molar-refractivity contribution in [1.82, 2.24) is 14.9 Å². The average Bonchev–Trinajstić information content (AvgIpc) is 2.91. The molecule has 1 heterocycles. The van der Waals surface area contributed by atoms with E-state index in [-0.39, 0.29) is 12.6 Å². The number of benzene rings is 1. The van der Waals surface area contributed by atoms with E-state index in [2.05, 4.69) is 10.3 Å². The minimum atomic E-state index is 0.0421. The van der Waals surface area contributed by atoms with Gasteiger partial charge in [0.15, 0.2) is 0 Å². The Kier molecular flexibility index (Phi) is 5.86. The van der Waals surface area contributed by atoms with E-state index in [1.807, 2.05) is 22.9 Å². The first kappa shape index (κ1) is 15.3. The molecule has 20 heavy (non-hydrogen) atoms. The molecule has 4 nitrogen and oxygen atoms in total. The van der Waals surface area contributed by atoms with E-state index >= 15 is 0 Å². The van der Waals surface area contributed by atoms with E-state index < -0.39 is 0 Å². The number of hydrogen-bond acceptors (Lipinski definition) is 3. The lowest BCUT2D eigenvalue weighted by molar-refractivity contribution is 0.281. The normalized spacial score (nSPS) is 12.6. The Labute approximate surface area is 128 Å². The van der Waals surface area contributed by atoms with Crippen LogP contribution in [0.2, 0.25) is 10.0 Å². The summed E-state index contributed by atoms with van der Waals surface area (Å²) in [4.78, 5) is 4.04. The van der Waals surface area contributed by atoms with Gasteiger partial charge in [-0.3, -0.25) is 0 Å². The molecule has 0 saturated carbocycles. The van der Waals surface area contributed by atoms with Gasteiger partial charge in [0.2, 0.25) is 0 Å². The lowest BCUT2D eigenvalue weighted by Gasteiger charge is -2.21. The topological polar surface area (TPSA) is 50.1 Å².